The largest absolute Gasteiger partial charge is 0.367 e. The predicted molar refractivity (Wildman–Crippen MR) is 211 cm³/mol. The number of piperidine rings is 1. The number of halogens is 2. The van der Waals surface area contributed by atoms with Gasteiger partial charge in [-0.25, -0.2) is 9.37 Å². The number of nitrogens with one attached hydrogen (secondary N) is 2. The van der Waals surface area contributed by atoms with Crippen molar-refractivity contribution in [3.05, 3.63) is 76.3 Å². The van der Waals surface area contributed by atoms with E-state index in [-0.39, 0.29) is 35.6 Å². The summed E-state index contributed by atoms with van der Waals surface area (Å²) in [6.07, 6.45) is 8.33. The highest BCUT2D eigenvalue weighted by Crippen LogP contribution is 2.46. The molecule has 0 radical (unpaired) electrons. The van der Waals surface area contributed by atoms with E-state index in [1.807, 2.05) is 46.5 Å². The van der Waals surface area contributed by atoms with Crippen LogP contribution in [0, 0.1) is 11.7 Å². The minimum absolute atomic E-state index is 0.0194. The zero-order valence-corrected chi connectivity index (χ0v) is 32.1. The number of anilines is 2. The minimum atomic E-state index is -1.10. The summed E-state index contributed by atoms with van der Waals surface area (Å²) < 4.78 is 15.5. The first-order chi connectivity index (χ1) is 27.6. The number of carbonyl (C=O) groups is 5. The van der Waals surface area contributed by atoms with Crippen LogP contribution in [0.1, 0.15) is 70.7 Å². The van der Waals surface area contributed by atoms with E-state index in [0.29, 0.717) is 49.1 Å². The average molecular weight is 793 g/mol. The highest BCUT2D eigenvalue weighted by Gasteiger charge is 2.46. The zero-order valence-electron chi connectivity index (χ0n) is 31.3. The molecule has 2 aliphatic carbocycles. The van der Waals surface area contributed by atoms with Gasteiger partial charge in [0.2, 0.25) is 17.7 Å². The van der Waals surface area contributed by atoms with Crippen LogP contribution in [0.2, 0.25) is 5.02 Å². The molecule has 57 heavy (non-hydrogen) atoms. The van der Waals surface area contributed by atoms with Gasteiger partial charge in [-0.1, -0.05) is 23.7 Å². The van der Waals surface area contributed by atoms with Crippen molar-refractivity contribution >= 4 is 63.5 Å². The van der Waals surface area contributed by atoms with E-state index in [1.54, 1.807) is 0 Å². The van der Waals surface area contributed by atoms with Crippen molar-refractivity contribution in [2.45, 2.75) is 56.5 Å². The van der Waals surface area contributed by atoms with Gasteiger partial charge in [-0.3, -0.25) is 44.0 Å². The smallest absolute Gasteiger partial charge is 0.262 e. The summed E-state index contributed by atoms with van der Waals surface area (Å²) >= 11 is 7.00. The van der Waals surface area contributed by atoms with E-state index in [0.717, 1.165) is 77.8 Å². The Bertz CT molecular complexity index is 2370. The molecule has 0 spiro atoms. The zero-order chi connectivity index (χ0) is 39.1. The van der Waals surface area contributed by atoms with Crippen molar-refractivity contribution in [1.82, 2.24) is 30.0 Å². The molecule has 4 aliphatic heterocycles. The molecule has 294 valence electrons. The van der Waals surface area contributed by atoms with E-state index < -0.39 is 35.5 Å². The second-order valence-electron chi connectivity index (χ2n) is 16.4. The Morgan fingerprint density at radius 2 is 1.65 bits per heavy atom. The number of benzene rings is 2. The molecule has 2 aromatic carbocycles. The maximum Gasteiger partial charge on any atom is 0.262 e. The molecule has 6 aliphatic rings. The number of hydrogen-bond donors (Lipinski definition) is 2. The van der Waals surface area contributed by atoms with Gasteiger partial charge < -0.3 is 14.8 Å². The number of fused-ring (bicyclic) bond motifs is 2. The summed E-state index contributed by atoms with van der Waals surface area (Å²) in [5.41, 5.74) is 4.99. The Balaban J connectivity index is 0.716. The Kier molecular flexibility index (Phi) is 8.91. The summed E-state index contributed by atoms with van der Waals surface area (Å²) in [5.74, 6) is -1.97. The molecular weight excluding hydrogens is 751 g/mol. The lowest BCUT2D eigenvalue weighted by atomic mass is 9.78. The molecule has 3 saturated heterocycles. The molecule has 1 atom stereocenters. The van der Waals surface area contributed by atoms with Crippen LogP contribution in [0.5, 0.6) is 0 Å². The van der Waals surface area contributed by atoms with Crippen LogP contribution in [0.15, 0.2) is 48.8 Å². The molecule has 13 nitrogen and oxygen atoms in total. The first-order valence-corrected chi connectivity index (χ1v) is 20.3. The Hall–Kier alpha value is -5.18. The van der Waals surface area contributed by atoms with E-state index >= 15 is 4.39 Å². The normalized spacial score (nSPS) is 24.7. The fourth-order valence-electron chi connectivity index (χ4n) is 9.55. The van der Waals surface area contributed by atoms with Crippen LogP contribution in [-0.4, -0.2) is 119 Å². The maximum atomic E-state index is 15.5. The highest BCUT2D eigenvalue weighted by molar-refractivity contribution is 6.38. The van der Waals surface area contributed by atoms with Crippen LogP contribution in [0.25, 0.3) is 22.2 Å². The van der Waals surface area contributed by atoms with Gasteiger partial charge in [-0.15, -0.1) is 0 Å². The molecule has 1 unspecified atom stereocenters. The number of hydrogen-bond acceptors (Lipinski definition) is 9. The predicted octanol–water partition coefficient (Wildman–Crippen LogP) is 4.55. The summed E-state index contributed by atoms with van der Waals surface area (Å²) in [6.45, 7) is 5.27. The second-order valence-corrected chi connectivity index (χ2v) is 16.7. The Morgan fingerprint density at radius 1 is 0.877 bits per heavy atom. The quantitative estimate of drug-likeness (QED) is 0.246. The number of aromatic nitrogens is 2. The third kappa shape index (κ3) is 6.38. The maximum absolute atomic E-state index is 15.5. The topological polar surface area (TPSA) is 142 Å². The summed E-state index contributed by atoms with van der Waals surface area (Å²) in [5, 5.41) is 3.88. The lowest BCUT2D eigenvalue weighted by molar-refractivity contribution is -0.136. The van der Waals surface area contributed by atoms with Crippen LogP contribution < -0.4 is 15.1 Å². The van der Waals surface area contributed by atoms with Gasteiger partial charge in [0.15, 0.2) is 0 Å². The van der Waals surface area contributed by atoms with Gasteiger partial charge in [-0.2, -0.15) is 0 Å². The molecule has 5 amide bonds. The molecule has 6 heterocycles. The van der Waals surface area contributed by atoms with Gasteiger partial charge in [0, 0.05) is 87.3 Å². The van der Waals surface area contributed by atoms with E-state index in [2.05, 4.69) is 25.1 Å². The van der Waals surface area contributed by atoms with Gasteiger partial charge in [-0.05, 0) is 79.3 Å². The van der Waals surface area contributed by atoms with Gasteiger partial charge in [0.25, 0.3) is 11.8 Å². The van der Waals surface area contributed by atoms with Crippen LogP contribution >= 0.6 is 11.6 Å². The number of aromatic amines is 1. The van der Waals surface area contributed by atoms with Crippen molar-refractivity contribution in [3.8, 4) is 11.1 Å². The number of rotatable bonds is 8. The lowest BCUT2D eigenvalue weighted by Gasteiger charge is -2.48. The third-order valence-corrected chi connectivity index (χ3v) is 13.3. The van der Waals surface area contributed by atoms with Crippen molar-refractivity contribution in [3.63, 3.8) is 0 Å². The standard InChI is InChI=1S/C42H42ClFN8O5/c43-38-31(20-46-39-37(38)30(19-45-39)24-4-5-24)25-2-1-3-26(16-25)51-13-8-48(22-36(51)54)21-23-14-27(15-23)49-9-11-50(12-10-49)34-18-29-28(17-32(34)44)41(56)52(42(29)57)33-6-7-35(53)47-40(33)55/h1-3,16-20,23-24,27,33H,4-15,21-22H2,(H,45,46)(H,47,53,55). The average Bonchev–Trinajstić information content (AvgIpc) is 3.89. The molecule has 15 heteroatoms. The molecule has 10 rings (SSSR count). The van der Waals surface area contributed by atoms with Gasteiger partial charge >= 0.3 is 0 Å². The molecule has 2 saturated carbocycles. The van der Waals surface area contributed by atoms with Gasteiger partial charge in [0.1, 0.15) is 17.5 Å². The molecule has 4 aromatic rings. The summed E-state index contributed by atoms with van der Waals surface area (Å²) in [6, 6.07) is 9.88. The van der Waals surface area contributed by atoms with Crippen molar-refractivity contribution in [1.29, 1.82) is 0 Å². The van der Waals surface area contributed by atoms with Crippen molar-refractivity contribution < 1.29 is 28.4 Å². The number of nitrogens with zero attached hydrogens (tertiary/aromatic N) is 6. The van der Waals surface area contributed by atoms with Gasteiger partial charge in [0.05, 0.1) is 28.4 Å². The Labute approximate surface area is 333 Å². The molecule has 5 fully saturated rings. The summed E-state index contributed by atoms with van der Waals surface area (Å²) in [7, 11) is 0. The van der Waals surface area contributed by atoms with E-state index in [9.17, 15) is 24.0 Å². The molecule has 2 N–H and O–H groups in total. The first kappa shape index (κ1) is 36.2. The lowest BCUT2D eigenvalue weighted by Crippen LogP contribution is -2.57. The number of carbonyl (C=O) groups excluding carboxylic acids is 5. The van der Waals surface area contributed by atoms with Crippen LogP contribution in [-0.2, 0) is 14.4 Å². The second kappa shape index (κ2) is 14.0. The van der Waals surface area contributed by atoms with Crippen molar-refractivity contribution in [2.24, 2.45) is 5.92 Å². The monoisotopic (exact) mass is 792 g/mol. The molecule has 2 aromatic heterocycles. The fraction of sp³-hybridized carbons (Fsp3) is 0.429. The van der Waals surface area contributed by atoms with Crippen LogP contribution in [0.3, 0.4) is 0 Å². The number of imide groups is 2. The number of H-pyrrole nitrogens is 1. The minimum Gasteiger partial charge on any atom is -0.367 e. The number of pyridine rings is 1. The first-order valence-electron chi connectivity index (χ1n) is 19.9. The number of piperazine rings is 2. The Morgan fingerprint density at radius 3 is 2.39 bits per heavy atom. The molecule has 0 bridgehead atoms. The SMILES string of the molecule is O=C1CCC(N2C(=O)c3cc(F)c(N4CCN(C5CC(CN6CCN(c7cccc(-c8cnc9[nH]cc(C%10CC%10)c9c8Cl)c7)C(=O)C6)C5)CC4)cc3C2=O)C(=O)N1. The van der Waals surface area contributed by atoms with Crippen LogP contribution in [0.4, 0.5) is 15.8 Å². The third-order valence-electron chi connectivity index (χ3n) is 12.9. The summed E-state index contributed by atoms with van der Waals surface area (Å²) in [4.78, 5) is 81.3. The highest BCUT2D eigenvalue weighted by atomic mass is 35.5. The van der Waals surface area contributed by atoms with E-state index in [1.165, 1.54) is 24.5 Å². The van der Waals surface area contributed by atoms with Crippen molar-refractivity contribution in [2.75, 3.05) is 62.2 Å². The van der Waals surface area contributed by atoms with E-state index in [4.69, 9.17) is 11.6 Å². The fourth-order valence-corrected chi connectivity index (χ4v) is 9.91. The molecular formula is C42H42ClFN8O5. The number of amides is 5.